The fourth-order valence-electron chi connectivity index (χ4n) is 2.84. The van der Waals surface area contributed by atoms with Gasteiger partial charge in [-0.1, -0.05) is 31.5 Å². The van der Waals surface area contributed by atoms with Gasteiger partial charge in [-0.15, -0.1) is 0 Å². The Labute approximate surface area is 124 Å². The molecule has 114 valence electrons. The predicted octanol–water partition coefficient (Wildman–Crippen LogP) is 3.01. The van der Waals surface area contributed by atoms with Crippen LogP contribution >= 0.6 is 0 Å². The molecule has 5 heteroatoms. The molecule has 3 N–H and O–H groups in total. The number of carbonyl (C=O) groups excluding carboxylic acids is 1. The van der Waals surface area contributed by atoms with Crippen molar-refractivity contribution in [3.05, 3.63) is 29.8 Å². The largest absolute Gasteiger partial charge is 0.481 e. The molecule has 2 rings (SSSR count). The van der Waals surface area contributed by atoms with Gasteiger partial charge >= 0.3 is 12.0 Å². The number of benzene rings is 1. The maximum atomic E-state index is 12.1. The van der Waals surface area contributed by atoms with E-state index in [0.717, 1.165) is 30.5 Å². The van der Waals surface area contributed by atoms with Crippen LogP contribution in [0.5, 0.6) is 0 Å². The first-order valence-corrected chi connectivity index (χ1v) is 7.48. The van der Waals surface area contributed by atoms with Crippen molar-refractivity contribution in [1.29, 1.82) is 0 Å². The maximum absolute atomic E-state index is 12.1. The van der Waals surface area contributed by atoms with Gasteiger partial charge in [-0.2, -0.15) is 0 Å². The van der Waals surface area contributed by atoms with E-state index in [9.17, 15) is 9.59 Å². The Morgan fingerprint density at radius 1 is 1.29 bits per heavy atom. The van der Waals surface area contributed by atoms with Crippen LogP contribution in [0.25, 0.3) is 0 Å². The number of carboxylic acid groups (broad SMARTS) is 1. The Balaban J connectivity index is 1.91. The number of rotatable bonds is 4. The van der Waals surface area contributed by atoms with E-state index in [1.165, 1.54) is 0 Å². The Hall–Kier alpha value is -2.04. The smallest absolute Gasteiger partial charge is 0.319 e. The standard InChI is InChI=1S/C16H22N2O3/c1-2-11-6-3-4-9-14(11)18-16(21)17-13-8-5-7-12(10-13)15(19)20/h3-4,6,9,12-13H,2,5,7-8,10H2,1H3,(H,19,20)(H2,17,18,21). The lowest BCUT2D eigenvalue weighted by Gasteiger charge is -2.27. The topological polar surface area (TPSA) is 78.4 Å². The second-order valence-electron chi connectivity index (χ2n) is 5.51. The average Bonchev–Trinajstić information content (AvgIpc) is 2.48. The highest BCUT2D eigenvalue weighted by molar-refractivity contribution is 5.90. The molecular formula is C16H22N2O3. The van der Waals surface area contributed by atoms with E-state index in [4.69, 9.17) is 5.11 Å². The summed E-state index contributed by atoms with van der Waals surface area (Å²) in [5, 5.41) is 14.8. The van der Waals surface area contributed by atoms with Crippen molar-refractivity contribution in [1.82, 2.24) is 5.32 Å². The Bertz CT molecular complexity index is 516. The second-order valence-corrected chi connectivity index (χ2v) is 5.51. The third kappa shape index (κ3) is 4.21. The molecule has 0 heterocycles. The lowest BCUT2D eigenvalue weighted by atomic mass is 9.86. The highest BCUT2D eigenvalue weighted by atomic mass is 16.4. The SMILES string of the molecule is CCc1ccccc1NC(=O)NC1CCCC(C(=O)O)C1. The van der Waals surface area contributed by atoms with E-state index in [-0.39, 0.29) is 18.0 Å². The van der Waals surface area contributed by atoms with Crippen molar-refractivity contribution < 1.29 is 14.7 Å². The number of amides is 2. The predicted molar refractivity (Wildman–Crippen MR) is 81.4 cm³/mol. The lowest BCUT2D eigenvalue weighted by Crippen LogP contribution is -2.42. The summed E-state index contributed by atoms with van der Waals surface area (Å²) in [5.41, 5.74) is 1.89. The molecule has 0 saturated heterocycles. The van der Waals surface area contributed by atoms with Crippen LogP contribution in [0, 0.1) is 5.92 Å². The average molecular weight is 290 g/mol. The quantitative estimate of drug-likeness (QED) is 0.797. The zero-order valence-corrected chi connectivity index (χ0v) is 12.3. The molecule has 2 unspecified atom stereocenters. The molecule has 1 aromatic carbocycles. The summed E-state index contributed by atoms with van der Waals surface area (Å²) in [4.78, 5) is 23.1. The minimum absolute atomic E-state index is 0.0614. The molecule has 0 aromatic heterocycles. The van der Waals surface area contributed by atoms with Crippen molar-refractivity contribution in [3.8, 4) is 0 Å². The molecule has 2 atom stereocenters. The number of carboxylic acids is 1. The van der Waals surface area contributed by atoms with Crippen LogP contribution in [0.4, 0.5) is 10.5 Å². The van der Waals surface area contributed by atoms with Crippen LogP contribution in [0.15, 0.2) is 24.3 Å². The fourth-order valence-corrected chi connectivity index (χ4v) is 2.84. The molecule has 2 amide bonds. The van der Waals surface area contributed by atoms with Crippen molar-refractivity contribution in [2.45, 2.75) is 45.1 Å². The zero-order valence-electron chi connectivity index (χ0n) is 12.3. The van der Waals surface area contributed by atoms with E-state index >= 15 is 0 Å². The van der Waals surface area contributed by atoms with E-state index in [1.807, 2.05) is 31.2 Å². The van der Waals surface area contributed by atoms with E-state index in [0.29, 0.717) is 12.8 Å². The lowest BCUT2D eigenvalue weighted by molar-refractivity contribution is -0.143. The monoisotopic (exact) mass is 290 g/mol. The van der Waals surface area contributed by atoms with Crippen molar-refractivity contribution >= 4 is 17.7 Å². The summed E-state index contributed by atoms with van der Waals surface area (Å²) in [6.45, 7) is 2.04. The minimum Gasteiger partial charge on any atom is -0.481 e. The van der Waals surface area contributed by atoms with Crippen LogP contribution < -0.4 is 10.6 Å². The van der Waals surface area contributed by atoms with Gasteiger partial charge in [-0.25, -0.2) is 4.79 Å². The van der Waals surface area contributed by atoms with Crippen molar-refractivity contribution in [2.75, 3.05) is 5.32 Å². The van der Waals surface area contributed by atoms with Gasteiger partial charge in [0, 0.05) is 11.7 Å². The molecule has 0 spiro atoms. The number of carbonyl (C=O) groups is 2. The molecule has 1 aromatic rings. The molecule has 0 radical (unpaired) electrons. The maximum Gasteiger partial charge on any atom is 0.319 e. The number of urea groups is 1. The fraction of sp³-hybridized carbons (Fsp3) is 0.500. The van der Waals surface area contributed by atoms with E-state index in [1.54, 1.807) is 0 Å². The van der Waals surface area contributed by atoms with Crippen LogP contribution in [0.1, 0.15) is 38.2 Å². The van der Waals surface area contributed by atoms with Crippen molar-refractivity contribution in [3.63, 3.8) is 0 Å². The van der Waals surface area contributed by atoms with E-state index < -0.39 is 5.97 Å². The molecule has 1 aliphatic carbocycles. The number of aliphatic carboxylic acids is 1. The molecule has 1 saturated carbocycles. The highest BCUT2D eigenvalue weighted by Crippen LogP contribution is 2.24. The first-order chi connectivity index (χ1) is 10.1. The first kappa shape index (κ1) is 15.4. The van der Waals surface area contributed by atoms with Gasteiger partial charge < -0.3 is 15.7 Å². The summed E-state index contributed by atoms with van der Waals surface area (Å²) < 4.78 is 0. The van der Waals surface area contributed by atoms with Crippen LogP contribution in [-0.2, 0) is 11.2 Å². The Kier molecular flexibility index (Phi) is 5.20. The van der Waals surface area contributed by atoms with Crippen molar-refractivity contribution in [2.24, 2.45) is 5.92 Å². The molecule has 0 bridgehead atoms. The minimum atomic E-state index is -0.766. The third-order valence-corrected chi connectivity index (χ3v) is 4.01. The summed E-state index contributed by atoms with van der Waals surface area (Å²) in [6.07, 6.45) is 3.74. The number of hydrogen-bond donors (Lipinski definition) is 3. The Morgan fingerprint density at radius 3 is 2.76 bits per heavy atom. The summed E-state index contributed by atoms with van der Waals surface area (Å²) in [7, 11) is 0. The number of para-hydroxylation sites is 1. The van der Waals surface area contributed by atoms with Gasteiger partial charge in [0.2, 0.25) is 0 Å². The van der Waals surface area contributed by atoms with Crippen LogP contribution in [0.2, 0.25) is 0 Å². The first-order valence-electron chi connectivity index (χ1n) is 7.48. The molecule has 1 aliphatic rings. The second kappa shape index (κ2) is 7.11. The normalized spacial score (nSPS) is 21.6. The molecule has 5 nitrogen and oxygen atoms in total. The zero-order chi connectivity index (χ0) is 15.2. The number of anilines is 1. The van der Waals surface area contributed by atoms with Gasteiger partial charge in [-0.05, 0) is 37.3 Å². The summed E-state index contributed by atoms with van der Waals surface area (Å²) >= 11 is 0. The third-order valence-electron chi connectivity index (χ3n) is 4.01. The van der Waals surface area contributed by atoms with E-state index in [2.05, 4.69) is 10.6 Å². The highest BCUT2D eigenvalue weighted by Gasteiger charge is 2.27. The van der Waals surface area contributed by atoms with Gasteiger partial charge in [0.05, 0.1) is 5.92 Å². The van der Waals surface area contributed by atoms with Gasteiger partial charge in [-0.3, -0.25) is 4.79 Å². The van der Waals surface area contributed by atoms with Gasteiger partial charge in [0.1, 0.15) is 0 Å². The van der Waals surface area contributed by atoms with Gasteiger partial charge in [0.25, 0.3) is 0 Å². The van der Waals surface area contributed by atoms with Crippen LogP contribution in [0.3, 0.4) is 0 Å². The number of aryl methyl sites for hydroxylation is 1. The molecule has 1 fully saturated rings. The Morgan fingerprint density at radius 2 is 2.05 bits per heavy atom. The molecule has 21 heavy (non-hydrogen) atoms. The summed E-state index contributed by atoms with van der Waals surface area (Å²) in [6, 6.07) is 7.37. The molecule has 0 aliphatic heterocycles. The number of nitrogens with one attached hydrogen (secondary N) is 2. The molecular weight excluding hydrogens is 268 g/mol. The number of hydrogen-bond acceptors (Lipinski definition) is 2. The van der Waals surface area contributed by atoms with Crippen LogP contribution in [-0.4, -0.2) is 23.1 Å². The summed E-state index contributed by atoms with van der Waals surface area (Å²) in [5.74, 6) is -1.11. The van der Waals surface area contributed by atoms with Gasteiger partial charge in [0.15, 0.2) is 0 Å².